The average Bonchev–Trinajstić information content (AvgIpc) is 3.27. The van der Waals surface area contributed by atoms with Gasteiger partial charge in [-0.05, 0) is 60.0 Å². The van der Waals surface area contributed by atoms with E-state index in [0.717, 1.165) is 34.5 Å². The Morgan fingerprint density at radius 3 is 2.24 bits per heavy atom. The van der Waals surface area contributed by atoms with E-state index < -0.39 is 0 Å². The Balaban J connectivity index is 1.76. The summed E-state index contributed by atoms with van der Waals surface area (Å²) in [7, 11) is 0. The summed E-state index contributed by atoms with van der Waals surface area (Å²) < 4.78 is 28.3. The lowest BCUT2D eigenvalue weighted by atomic mass is 10.1. The van der Waals surface area contributed by atoms with Gasteiger partial charge in [0.15, 0.2) is 0 Å². The molecule has 4 heteroatoms. The molecule has 0 amide bonds. The lowest BCUT2D eigenvalue weighted by Crippen LogP contribution is -2.04. The molecule has 4 rings (SSSR count). The molecule has 0 radical (unpaired) electrons. The van der Waals surface area contributed by atoms with E-state index in [1.807, 2.05) is 10.7 Å². The molecular formula is C21H16F2N2. The summed E-state index contributed by atoms with van der Waals surface area (Å²) in [4.78, 5) is 0. The zero-order valence-electron chi connectivity index (χ0n) is 13.5. The molecule has 1 aromatic heterocycles. The van der Waals surface area contributed by atoms with Crippen molar-refractivity contribution >= 4 is 5.57 Å². The number of halogens is 2. The number of hydrogen-bond donors (Lipinski definition) is 0. The van der Waals surface area contributed by atoms with Crippen LogP contribution < -0.4 is 0 Å². The van der Waals surface area contributed by atoms with Gasteiger partial charge in [0.25, 0.3) is 0 Å². The lowest BCUT2D eigenvalue weighted by Gasteiger charge is -2.08. The number of aromatic nitrogens is 2. The maximum absolute atomic E-state index is 13.3. The molecule has 0 fully saturated rings. The first kappa shape index (κ1) is 15.5. The van der Waals surface area contributed by atoms with Crippen LogP contribution in [0.5, 0.6) is 0 Å². The Labute approximate surface area is 144 Å². The Morgan fingerprint density at radius 1 is 0.920 bits per heavy atom. The molecule has 0 saturated carbocycles. The Hall–Kier alpha value is -3.01. The summed E-state index contributed by atoms with van der Waals surface area (Å²) in [5, 5.41) is 4.72. The third-order valence-electron chi connectivity index (χ3n) is 4.23. The monoisotopic (exact) mass is 334 g/mol. The maximum atomic E-state index is 13.3. The topological polar surface area (TPSA) is 17.8 Å². The van der Waals surface area contributed by atoms with Crippen molar-refractivity contribution in [2.45, 2.75) is 13.0 Å². The minimum Gasteiger partial charge on any atom is -0.260 e. The molecule has 1 aliphatic carbocycles. The first-order chi connectivity index (χ1) is 12.2. The molecule has 2 nitrogen and oxygen atoms in total. The molecule has 0 unspecified atom stereocenters. The molecular weight excluding hydrogens is 318 g/mol. The predicted octanol–water partition coefficient (Wildman–Crippen LogP) is 5.22. The zero-order valence-corrected chi connectivity index (χ0v) is 13.5. The van der Waals surface area contributed by atoms with Gasteiger partial charge in [-0.1, -0.05) is 30.4 Å². The lowest BCUT2D eigenvalue weighted by molar-refractivity contribution is 0.624. The summed E-state index contributed by atoms with van der Waals surface area (Å²) in [6.07, 6.45) is 7.18. The number of rotatable bonds is 4. The SMILES string of the molecule is Fc1ccc(Cn2nc(C3=CCC=C3)cc2-c2ccc(F)cc2)cc1. The quantitative estimate of drug-likeness (QED) is 0.639. The Kier molecular flexibility index (Phi) is 4.02. The third-order valence-corrected chi connectivity index (χ3v) is 4.23. The van der Waals surface area contributed by atoms with Crippen LogP contribution in [0.4, 0.5) is 8.78 Å². The molecule has 2 aromatic carbocycles. The highest BCUT2D eigenvalue weighted by Gasteiger charge is 2.13. The minimum atomic E-state index is -0.269. The fraction of sp³-hybridized carbons (Fsp3) is 0.0952. The van der Waals surface area contributed by atoms with Crippen LogP contribution >= 0.6 is 0 Å². The van der Waals surface area contributed by atoms with Crippen molar-refractivity contribution in [3.8, 4) is 11.3 Å². The van der Waals surface area contributed by atoms with Crippen molar-refractivity contribution in [1.29, 1.82) is 0 Å². The normalized spacial score (nSPS) is 13.3. The van der Waals surface area contributed by atoms with E-state index in [1.165, 1.54) is 24.3 Å². The van der Waals surface area contributed by atoms with Crippen molar-refractivity contribution in [3.05, 3.63) is 95.7 Å². The van der Waals surface area contributed by atoms with Gasteiger partial charge in [0.05, 0.1) is 17.9 Å². The van der Waals surface area contributed by atoms with Gasteiger partial charge in [-0.2, -0.15) is 5.10 Å². The highest BCUT2D eigenvalue weighted by molar-refractivity contribution is 5.76. The van der Waals surface area contributed by atoms with Gasteiger partial charge < -0.3 is 0 Å². The van der Waals surface area contributed by atoms with E-state index in [4.69, 9.17) is 5.10 Å². The largest absolute Gasteiger partial charge is 0.260 e. The summed E-state index contributed by atoms with van der Waals surface area (Å²) in [5.74, 6) is -0.528. The Bertz CT molecular complexity index is 949. The molecule has 0 aliphatic heterocycles. The zero-order chi connectivity index (χ0) is 17.2. The minimum absolute atomic E-state index is 0.259. The summed E-state index contributed by atoms with van der Waals surface area (Å²) >= 11 is 0. The second kappa shape index (κ2) is 6.48. The van der Waals surface area contributed by atoms with Crippen LogP contribution in [0.2, 0.25) is 0 Å². The Morgan fingerprint density at radius 2 is 1.60 bits per heavy atom. The van der Waals surface area contributed by atoms with E-state index >= 15 is 0 Å². The van der Waals surface area contributed by atoms with Gasteiger partial charge in [-0.3, -0.25) is 4.68 Å². The van der Waals surface area contributed by atoms with E-state index in [0.29, 0.717) is 6.54 Å². The molecule has 0 saturated heterocycles. The van der Waals surface area contributed by atoms with Crippen LogP contribution in [0.15, 0.2) is 72.8 Å². The van der Waals surface area contributed by atoms with E-state index in [9.17, 15) is 8.78 Å². The number of allylic oxidation sites excluding steroid dienone is 4. The highest BCUT2D eigenvalue weighted by Crippen LogP contribution is 2.27. The van der Waals surface area contributed by atoms with Crippen molar-refractivity contribution < 1.29 is 8.78 Å². The van der Waals surface area contributed by atoms with Crippen LogP contribution in [-0.2, 0) is 6.54 Å². The average molecular weight is 334 g/mol. The van der Waals surface area contributed by atoms with Crippen molar-refractivity contribution in [1.82, 2.24) is 9.78 Å². The first-order valence-corrected chi connectivity index (χ1v) is 8.14. The molecule has 0 spiro atoms. The standard InChI is InChI=1S/C21H16F2N2/c22-18-9-5-15(6-10-18)14-25-21(17-7-11-19(23)12-8-17)13-20(24-25)16-3-1-2-4-16/h1,3-13H,2,14H2. The summed E-state index contributed by atoms with van der Waals surface area (Å²) in [5.41, 5.74) is 4.72. The second-order valence-electron chi connectivity index (χ2n) is 6.00. The number of benzene rings is 2. The maximum Gasteiger partial charge on any atom is 0.123 e. The van der Waals surface area contributed by atoms with E-state index in [2.05, 4.69) is 18.2 Å². The van der Waals surface area contributed by atoms with Gasteiger partial charge in [0.1, 0.15) is 11.6 Å². The highest BCUT2D eigenvalue weighted by atomic mass is 19.1. The summed E-state index contributed by atoms with van der Waals surface area (Å²) in [6, 6.07) is 14.8. The first-order valence-electron chi connectivity index (χ1n) is 8.14. The van der Waals surface area contributed by atoms with Crippen molar-refractivity contribution in [2.75, 3.05) is 0 Å². The van der Waals surface area contributed by atoms with E-state index in [1.54, 1.807) is 24.3 Å². The van der Waals surface area contributed by atoms with Gasteiger partial charge in [-0.25, -0.2) is 8.78 Å². The molecule has 124 valence electrons. The van der Waals surface area contributed by atoms with Crippen LogP contribution in [0.1, 0.15) is 17.7 Å². The van der Waals surface area contributed by atoms with Gasteiger partial charge >= 0.3 is 0 Å². The molecule has 1 aliphatic rings. The van der Waals surface area contributed by atoms with Crippen molar-refractivity contribution in [2.24, 2.45) is 0 Å². The third kappa shape index (κ3) is 3.29. The number of hydrogen-bond acceptors (Lipinski definition) is 1. The molecule has 3 aromatic rings. The van der Waals surface area contributed by atoms with Crippen LogP contribution in [0.3, 0.4) is 0 Å². The molecule has 0 bridgehead atoms. The fourth-order valence-corrected chi connectivity index (χ4v) is 2.94. The van der Waals surface area contributed by atoms with Crippen molar-refractivity contribution in [3.63, 3.8) is 0 Å². The van der Waals surface area contributed by atoms with Crippen LogP contribution in [0, 0.1) is 11.6 Å². The predicted molar refractivity (Wildman–Crippen MR) is 94.9 cm³/mol. The van der Waals surface area contributed by atoms with E-state index in [-0.39, 0.29) is 11.6 Å². The van der Waals surface area contributed by atoms with Gasteiger partial charge in [0.2, 0.25) is 0 Å². The van der Waals surface area contributed by atoms with Crippen LogP contribution in [0.25, 0.3) is 16.8 Å². The second-order valence-corrected chi connectivity index (χ2v) is 6.00. The van der Waals surface area contributed by atoms with Gasteiger partial charge in [-0.15, -0.1) is 0 Å². The van der Waals surface area contributed by atoms with Crippen LogP contribution in [-0.4, -0.2) is 9.78 Å². The molecule has 0 N–H and O–H groups in total. The summed E-state index contributed by atoms with van der Waals surface area (Å²) in [6.45, 7) is 0.518. The molecule has 1 heterocycles. The molecule has 25 heavy (non-hydrogen) atoms. The molecule has 0 atom stereocenters. The number of nitrogens with zero attached hydrogens (tertiary/aromatic N) is 2. The van der Waals surface area contributed by atoms with Gasteiger partial charge in [0, 0.05) is 5.56 Å². The fourth-order valence-electron chi connectivity index (χ4n) is 2.94. The smallest absolute Gasteiger partial charge is 0.123 e.